The Morgan fingerprint density at radius 2 is 1.95 bits per heavy atom. The van der Waals surface area contributed by atoms with E-state index < -0.39 is 0 Å². The Morgan fingerprint density at radius 1 is 1.23 bits per heavy atom. The Hall–Kier alpha value is -1.82. The SMILES string of the molecule is COCCOc1ccc(NC(=O)c2cnc(Cl)c(Cl)c2)cc1. The molecule has 5 nitrogen and oxygen atoms in total. The first-order valence-corrected chi connectivity index (χ1v) is 7.20. The lowest BCUT2D eigenvalue weighted by Gasteiger charge is -2.08. The Balaban J connectivity index is 1.97. The van der Waals surface area contributed by atoms with E-state index in [1.807, 2.05) is 0 Å². The van der Waals surface area contributed by atoms with Gasteiger partial charge < -0.3 is 14.8 Å². The van der Waals surface area contributed by atoms with Crippen molar-refractivity contribution >= 4 is 34.8 Å². The van der Waals surface area contributed by atoms with Crippen LogP contribution < -0.4 is 10.1 Å². The van der Waals surface area contributed by atoms with Crippen molar-refractivity contribution in [3.8, 4) is 5.75 Å². The molecule has 0 unspecified atom stereocenters. The Bertz CT molecular complexity index is 648. The molecule has 0 atom stereocenters. The second-order valence-electron chi connectivity index (χ2n) is 4.32. The van der Waals surface area contributed by atoms with Crippen LogP contribution in [0.4, 0.5) is 5.69 Å². The minimum Gasteiger partial charge on any atom is -0.491 e. The van der Waals surface area contributed by atoms with Crippen molar-refractivity contribution in [1.29, 1.82) is 0 Å². The minimum absolute atomic E-state index is 0.163. The van der Waals surface area contributed by atoms with Gasteiger partial charge in [-0.05, 0) is 30.3 Å². The van der Waals surface area contributed by atoms with Crippen LogP contribution in [-0.2, 0) is 4.74 Å². The number of halogens is 2. The number of nitrogens with one attached hydrogen (secondary N) is 1. The van der Waals surface area contributed by atoms with Crippen LogP contribution in [0.3, 0.4) is 0 Å². The van der Waals surface area contributed by atoms with E-state index in [-0.39, 0.29) is 16.1 Å². The van der Waals surface area contributed by atoms with E-state index in [1.54, 1.807) is 31.4 Å². The molecule has 0 fully saturated rings. The first-order chi connectivity index (χ1) is 10.6. The molecular weight excluding hydrogens is 327 g/mol. The molecule has 1 heterocycles. The summed E-state index contributed by atoms with van der Waals surface area (Å²) >= 11 is 11.6. The van der Waals surface area contributed by atoms with Crippen molar-refractivity contribution in [1.82, 2.24) is 4.98 Å². The highest BCUT2D eigenvalue weighted by Crippen LogP contribution is 2.21. The molecule has 0 spiro atoms. The summed E-state index contributed by atoms with van der Waals surface area (Å²) in [5.41, 5.74) is 0.963. The van der Waals surface area contributed by atoms with Crippen molar-refractivity contribution < 1.29 is 14.3 Å². The largest absolute Gasteiger partial charge is 0.491 e. The van der Waals surface area contributed by atoms with Crippen LogP contribution in [0.15, 0.2) is 36.5 Å². The number of methoxy groups -OCH3 is 1. The second kappa shape index (κ2) is 7.98. The van der Waals surface area contributed by atoms with Crippen molar-refractivity contribution in [3.63, 3.8) is 0 Å². The fraction of sp³-hybridized carbons (Fsp3) is 0.200. The van der Waals surface area contributed by atoms with Crippen molar-refractivity contribution in [2.24, 2.45) is 0 Å². The predicted molar refractivity (Wildman–Crippen MR) is 86.0 cm³/mol. The molecule has 22 heavy (non-hydrogen) atoms. The van der Waals surface area contributed by atoms with Crippen LogP contribution in [0.2, 0.25) is 10.2 Å². The van der Waals surface area contributed by atoms with Crippen LogP contribution >= 0.6 is 23.2 Å². The number of aromatic nitrogens is 1. The predicted octanol–water partition coefficient (Wildman–Crippen LogP) is 3.67. The molecule has 1 amide bonds. The lowest BCUT2D eigenvalue weighted by Crippen LogP contribution is -2.12. The molecule has 1 aromatic heterocycles. The van der Waals surface area contributed by atoms with Crippen molar-refractivity contribution in [2.45, 2.75) is 0 Å². The van der Waals surface area contributed by atoms with Gasteiger partial charge in [0.05, 0.1) is 17.2 Å². The molecule has 0 aliphatic carbocycles. The summed E-state index contributed by atoms with van der Waals surface area (Å²) in [6, 6.07) is 8.47. The smallest absolute Gasteiger partial charge is 0.257 e. The standard InChI is InChI=1S/C15H14Cl2N2O3/c1-21-6-7-22-12-4-2-11(3-5-12)19-15(20)10-8-13(16)14(17)18-9-10/h2-5,8-9H,6-7H2,1H3,(H,19,20). The highest BCUT2D eigenvalue weighted by molar-refractivity contribution is 6.41. The van der Waals surface area contributed by atoms with Gasteiger partial charge in [-0.25, -0.2) is 4.98 Å². The maximum absolute atomic E-state index is 12.1. The molecule has 1 aromatic carbocycles. The molecule has 0 bridgehead atoms. The molecular formula is C15H14Cl2N2O3. The molecule has 7 heteroatoms. The highest BCUT2D eigenvalue weighted by Gasteiger charge is 2.09. The third-order valence-electron chi connectivity index (χ3n) is 2.73. The molecule has 0 saturated heterocycles. The van der Waals surface area contributed by atoms with Crippen LogP contribution in [0, 0.1) is 0 Å². The van der Waals surface area contributed by atoms with Gasteiger partial charge in [0, 0.05) is 19.0 Å². The van der Waals surface area contributed by atoms with Gasteiger partial charge in [0.1, 0.15) is 17.5 Å². The molecule has 0 aliphatic heterocycles. The van der Waals surface area contributed by atoms with Gasteiger partial charge >= 0.3 is 0 Å². The lowest BCUT2D eigenvalue weighted by atomic mass is 10.2. The van der Waals surface area contributed by atoms with Crippen molar-refractivity contribution in [2.75, 3.05) is 25.6 Å². The van der Waals surface area contributed by atoms with Crippen molar-refractivity contribution in [3.05, 3.63) is 52.3 Å². The Morgan fingerprint density at radius 3 is 2.59 bits per heavy atom. The summed E-state index contributed by atoms with van der Waals surface area (Å²) < 4.78 is 10.3. The highest BCUT2D eigenvalue weighted by atomic mass is 35.5. The van der Waals surface area contributed by atoms with E-state index in [2.05, 4.69) is 10.3 Å². The number of hydrogen-bond acceptors (Lipinski definition) is 4. The summed E-state index contributed by atoms with van der Waals surface area (Å²) in [6.45, 7) is 0.986. The van der Waals surface area contributed by atoms with Crippen LogP contribution in [0.25, 0.3) is 0 Å². The normalized spacial score (nSPS) is 10.3. The number of nitrogens with zero attached hydrogens (tertiary/aromatic N) is 1. The maximum atomic E-state index is 12.1. The van der Waals surface area contributed by atoms with Gasteiger partial charge in [0.15, 0.2) is 0 Å². The molecule has 1 N–H and O–H groups in total. The zero-order valence-corrected chi connectivity index (χ0v) is 13.3. The van der Waals surface area contributed by atoms with E-state index in [9.17, 15) is 4.79 Å². The van der Waals surface area contributed by atoms with Crippen LogP contribution in [-0.4, -0.2) is 31.2 Å². The molecule has 0 aliphatic rings. The van der Waals surface area contributed by atoms with E-state index >= 15 is 0 Å². The summed E-state index contributed by atoms with van der Waals surface area (Å²) in [4.78, 5) is 15.9. The molecule has 0 saturated carbocycles. The number of carbonyl (C=O) groups excluding carboxylic acids is 1. The van der Waals surface area contributed by atoms with Crippen LogP contribution in [0.5, 0.6) is 5.75 Å². The number of carbonyl (C=O) groups is 1. The third-order valence-corrected chi connectivity index (χ3v) is 3.41. The second-order valence-corrected chi connectivity index (χ2v) is 5.08. The van der Waals surface area contributed by atoms with Gasteiger partial charge in [0.25, 0.3) is 5.91 Å². The quantitative estimate of drug-likeness (QED) is 0.643. The fourth-order valence-corrected chi connectivity index (χ4v) is 1.90. The monoisotopic (exact) mass is 340 g/mol. The average Bonchev–Trinajstić information content (AvgIpc) is 2.52. The Labute approximate surface area is 138 Å². The van der Waals surface area contributed by atoms with E-state index in [4.69, 9.17) is 32.7 Å². The lowest BCUT2D eigenvalue weighted by molar-refractivity contribution is 0.102. The molecule has 2 aromatic rings. The van der Waals surface area contributed by atoms with Gasteiger partial charge in [-0.15, -0.1) is 0 Å². The molecule has 0 radical (unpaired) electrons. The summed E-state index contributed by atoms with van der Waals surface area (Å²) in [6.07, 6.45) is 1.37. The zero-order chi connectivity index (χ0) is 15.9. The maximum Gasteiger partial charge on any atom is 0.257 e. The first-order valence-electron chi connectivity index (χ1n) is 6.44. The average molecular weight is 341 g/mol. The summed E-state index contributed by atoms with van der Waals surface area (Å²) in [5.74, 6) is 0.380. The fourth-order valence-electron chi connectivity index (χ4n) is 1.63. The van der Waals surface area contributed by atoms with E-state index in [0.29, 0.717) is 30.2 Å². The number of hydrogen-bond donors (Lipinski definition) is 1. The zero-order valence-electron chi connectivity index (χ0n) is 11.8. The first kappa shape index (κ1) is 16.5. The summed E-state index contributed by atoms with van der Waals surface area (Å²) in [5, 5.41) is 3.13. The van der Waals surface area contributed by atoms with Gasteiger partial charge in [-0.2, -0.15) is 0 Å². The number of amides is 1. The molecule has 2 rings (SSSR count). The van der Waals surface area contributed by atoms with Gasteiger partial charge in [-0.3, -0.25) is 4.79 Å². The number of anilines is 1. The molecule has 116 valence electrons. The van der Waals surface area contributed by atoms with E-state index in [1.165, 1.54) is 12.3 Å². The van der Waals surface area contributed by atoms with Gasteiger partial charge in [-0.1, -0.05) is 23.2 Å². The van der Waals surface area contributed by atoms with Gasteiger partial charge in [0.2, 0.25) is 0 Å². The van der Waals surface area contributed by atoms with E-state index in [0.717, 1.165) is 0 Å². The number of rotatable bonds is 6. The number of ether oxygens (including phenoxy) is 2. The summed E-state index contributed by atoms with van der Waals surface area (Å²) in [7, 11) is 1.61. The topological polar surface area (TPSA) is 60.5 Å². The minimum atomic E-state index is -0.320. The number of pyridine rings is 1. The van der Waals surface area contributed by atoms with Crippen LogP contribution in [0.1, 0.15) is 10.4 Å². The Kier molecular flexibility index (Phi) is 6.00. The third kappa shape index (κ3) is 4.59. The number of benzene rings is 1.